The van der Waals surface area contributed by atoms with E-state index in [1.807, 2.05) is 42.5 Å². The molecule has 2 aromatic heterocycles. The fourth-order valence-corrected chi connectivity index (χ4v) is 3.30. The maximum absolute atomic E-state index is 12.5. The summed E-state index contributed by atoms with van der Waals surface area (Å²) >= 11 is 1.26. The van der Waals surface area contributed by atoms with Crippen molar-refractivity contribution >= 4 is 22.4 Å². The Balaban J connectivity index is 1.41. The molecule has 0 aliphatic carbocycles. The highest BCUT2D eigenvalue weighted by Crippen LogP contribution is 2.27. The number of ether oxygens (including phenoxy) is 1. The predicted octanol–water partition coefficient (Wildman–Crippen LogP) is 4.14. The highest BCUT2D eigenvalue weighted by atomic mass is 32.1. The summed E-state index contributed by atoms with van der Waals surface area (Å²) in [4.78, 5) is 16.4. The quantitative estimate of drug-likeness (QED) is 0.501. The number of phenols is 1. The van der Waals surface area contributed by atoms with Gasteiger partial charge in [0.2, 0.25) is 5.13 Å². The molecule has 2 heterocycles. The lowest BCUT2D eigenvalue weighted by Gasteiger charge is -2.09. The maximum atomic E-state index is 12.5. The van der Waals surface area contributed by atoms with Crippen molar-refractivity contribution in [3.05, 3.63) is 84.2 Å². The SMILES string of the molecule is O=C(Nc1nnc(-c2ccncc2)s1)c1ccc(COc2ccccc2)c(O)c1. The number of aromatic nitrogens is 3. The molecular weight excluding hydrogens is 388 g/mol. The smallest absolute Gasteiger partial charge is 0.257 e. The third kappa shape index (κ3) is 4.56. The summed E-state index contributed by atoms with van der Waals surface area (Å²) in [5.74, 6) is 0.312. The Morgan fingerprint density at radius 3 is 2.59 bits per heavy atom. The van der Waals surface area contributed by atoms with Gasteiger partial charge in [-0.15, -0.1) is 10.2 Å². The molecule has 0 bridgehead atoms. The second-order valence-electron chi connectivity index (χ2n) is 6.05. The Morgan fingerprint density at radius 1 is 1.03 bits per heavy atom. The molecule has 0 aliphatic rings. The van der Waals surface area contributed by atoms with Crippen LogP contribution in [0.5, 0.6) is 11.5 Å². The Labute approximate surface area is 170 Å². The largest absolute Gasteiger partial charge is 0.508 e. The molecule has 2 aromatic carbocycles. The third-order valence-corrected chi connectivity index (χ3v) is 4.95. The van der Waals surface area contributed by atoms with Gasteiger partial charge >= 0.3 is 0 Å². The van der Waals surface area contributed by atoms with E-state index >= 15 is 0 Å². The molecule has 4 rings (SSSR count). The number of rotatable bonds is 6. The number of benzene rings is 2. The number of phenolic OH excluding ortho intramolecular Hbond substituents is 1. The van der Waals surface area contributed by atoms with Gasteiger partial charge in [0, 0.05) is 29.1 Å². The molecule has 0 atom stereocenters. The van der Waals surface area contributed by atoms with E-state index in [4.69, 9.17) is 4.74 Å². The van der Waals surface area contributed by atoms with Gasteiger partial charge in [-0.2, -0.15) is 0 Å². The fourth-order valence-electron chi connectivity index (χ4n) is 2.56. The summed E-state index contributed by atoms with van der Waals surface area (Å²) in [6.45, 7) is 0.198. The van der Waals surface area contributed by atoms with Gasteiger partial charge in [0.05, 0.1) is 0 Å². The van der Waals surface area contributed by atoms with Crippen molar-refractivity contribution in [2.75, 3.05) is 5.32 Å². The van der Waals surface area contributed by atoms with Crippen LogP contribution in [0, 0.1) is 0 Å². The minimum Gasteiger partial charge on any atom is -0.508 e. The van der Waals surface area contributed by atoms with Crippen molar-refractivity contribution in [2.24, 2.45) is 0 Å². The van der Waals surface area contributed by atoms with Crippen LogP contribution in [0.25, 0.3) is 10.6 Å². The molecule has 29 heavy (non-hydrogen) atoms. The first-order valence-corrected chi connectivity index (χ1v) is 9.56. The van der Waals surface area contributed by atoms with Gasteiger partial charge < -0.3 is 9.84 Å². The molecule has 8 heteroatoms. The first kappa shape index (κ1) is 18.6. The van der Waals surface area contributed by atoms with Crippen LogP contribution >= 0.6 is 11.3 Å². The Kier molecular flexibility index (Phi) is 5.44. The van der Waals surface area contributed by atoms with Crippen LogP contribution in [-0.2, 0) is 6.61 Å². The molecule has 7 nitrogen and oxygen atoms in total. The highest BCUT2D eigenvalue weighted by Gasteiger charge is 2.13. The number of aromatic hydroxyl groups is 1. The molecule has 0 saturated carbocycles. The minimum absolute atomic E-state index is 0.0108. The van der Waals surface area contributed by atoms with Crippen LogP contribution in [0.1, 0.15) is 15.9 Å². The van der Waals surface area contributed by atoms with Gasteiger partial charge in [0.1, 0.15) is 23.1 Å². The Bertz CT molecular complexity index is 1120. The van der Waals surface area contributed by atoms with E-state index in [1.165, 1.54) is 17.4 Å². The van der Waals surface area contributed by atoms with Gasteiger partial charge in [-0.3, -0.25) is 15.1 Å². The fraction of sp³-hybridized carbons (Fsp3) is 0.0476. The lowest BCUT2D eigenvalue weighted by atomic mass is 10.1. The van der Waals surface area contributed by atoms with E-state index in [1.54, 1.807) is 24.5 Å². The molecule has 4 aromatic rings. The molecule has 0 saturated heterocycles. The average Bonchev–Trinajstić information content (AvgIpc) is 3.22. The zero-order chi connectivity index (χ0) is 20.1. The van der Waals surface area contributed by atoms with Crippen molar-refractivity contribution < 1.29 is 14.6 Å². The molecule has 1 amide bonds. The number of hydrogen-bond acceptors (Lipinski definition) is 7. The van der Waals surface area contributed by atoms with E-state index in [-0.39, 0.29) is 18.3 Å². The molecule has 2 N–H and O–H groups in total. The minimum atomic E-state index is -0.381. The van der Waals surface area contributed by atoms with Gasteiger partial charge in [-0.25, -0.2) is 0 Å². The summed E-state index contributed by atoms with van der Waals surface area (Å²) in [7, 11) is 0. The Hall–Kier alpha value is -3.78. The van der Waals surface area contributed by atoms with Crippen molar-refractivity contribution in [3.8, 4) is 22.1 Å². The molecule has 0 unspecified atom stereocenters. The van der Waals surface area contributed by atoms with E-state index in [0.717, 1.165) is 5.56 Å². The predicted molar refractivity (Wildman–Crippen MR) is 110 cm³/mol. The monoisotopic (exact) mass is 404 g/mol. The highest BCUT2D eigenvalue weighted by molar-refractivity contribution is 7.18. The number of nitrogens with zero attached hydrogens (tertiary/aromatic N) is 3. The second-order valence-corrected chi connectivity index (χ2v) is 7.03. The van der Waals surface area contributed by atoms with Gasteiger partial charge in [-0.1, -0.05) is 35.6 Å². The zero-order valence-corrected chi connectivity index (χ0v) is 16.0. The van der Waals surface area contributed by atoms with Gasteiger partial charge in [0.25, 0.3) is 5.91 Å². The summed E-state index contributed by atoms with van der Waals surface area (Å²) < 4.78 is 5.63. The van der Waals surface area contributed by atoms with Crippen molar-refractivity contribution in [1.29, 1.82) is 0 Å². The van der Waals surface area contributed by atoms with E-state index in [2.05, 4.69) is 20.5 Å². The van der Waals surface area contributed by atoms with E-state index < -0.39 is 0 Å². The van der Waals surface area contributed by atoms with Crippen LogP contribution in [0.3, 0.4) is 0 Å². The van der Waals surface area contributed by atoms with Gasteiger partial charge in [0.15, 0.2) is 0 Å². The number of nitrogens with one attached hydrogen (secondary N) is 1. The third-order valence-electron chi connectivity index (χ3n) is 4.06. The van der Waals surface area contributed by atoms with Crippen LogP contribution in [0.2, 0.25) is 0 Å². The van der Waals surface area contributed by atoms with Crippen molar-refractivity contribution in [1.82, 2.24) is 15.2 Å². The molecular formula is C21H16N4O3S. The molecule has 0 radical (unpaired) electrons. The molecule has 0 fully saturated rings. The maximum Gasteiger partial charge on any atom is 0.257 e. The summed E-state index contributed by atoms with van der Waals surface area (Å²) in [5, 5.41) is 22.1. The number of carbonyl (C=O) groups is 1. The summed E-state index contributed by atoms with van der Waals surface area (Å²) in [5.41, 5.74) is 1.77. The Morgan fingerprint density at radius 2 is 1.83 bits per heavy atom. The average molecular weight is 404 g/mol. The molecule has 0 spiro atoms. The first-order chi connectivity index (χ1) is 14.2. The standard InChI is InChI=1S/C21H16N4O3S/c26-18-12-15(6-7-16(18)13-28-17-4-2-1-3-5-17)19(27)23-21-25-24-20(29-21)14-8-10-22-11-9-14/h1-12,26H,13H2,(H,23,25,27). The lowest BCUT2D eigenvalue weighted by Crippen LogP contribution is -2.12. The lowest BCUT2D eigenvalue weighted by molar-refractivity contribution is 0.102. The van der Waals surface area contributed by atoms with Gasteiger partial charge in [-0.05, 0) is 36.4 Å². The zero-order valence-electron chi connectivity index (χ0n) is 15.1. The number of carbonyl (C=O) groups excluding carboxylic acids is 1. The molecule has 0 aliphatic heterocycles. The first-order valence-electron chi connectivity index (χ1n) is 8.74. The normalized spacial score (nSPS) is 10.5. The second kappa shape index (κ2) is 8.49. The summed E-state index contributed by atoms with van der Waals surface area (Å²) in [6, 6.07) is 17.6. The van der Waals surface area contributed by atoms with E-state index in [0.29, 0.717) is 27.0 Å². The van der Waals surface area contributed by atoms with Crippen molar-refractivity contribution in [3.63, 3.8) is 0 Å². The van der Waals surface area contributed by atoms with Crippen molar-refractivity contribution in [2.45, 2.75) is 6.61 Å². The van der Waals surface area contributed by atoms with Crippen LogP contribution < -0.4 is 10.1 Å². The number of para-hydroxylation sites is 1. The topological polar surface area (TPSA) is 97.2 Å². The van der Waals surface area contributed by atoms with Crippen LogP contribution in [-0.4, -0.2) is 26.2 Å². The van der Waals surface area contributed by atoms with E-state index in [9.17, 15) is 9.90 Å². The van der Waals surface area contributed by atoms with Crippen LogP contribution in [0.4, 0.5) is 5.13 Å². The number of hydrogen-bond donors (Lipinski definition) is 2. The number of anilines is 1. The molecule has 144 valence electrons. The van der Waals surface area contributed by atoms with Crippen LogP contribution in [0.15, 0.2) is 73.1 Å². The summed E-state index contributed by atoms with van der Waals surface area (Å²) in [6.07, 6.45) is 3.33. The number of amides is 1. The number of pyridine rings is 1.